The molecule has 0 radical (unpaired) electrons. The number of rotatable bonds is 5. The van der Waals surface area contributed by atoms with E-state index in [1.807, 2.05) is 11.9 Å². The Hall–Kier alpha value is -1.00. The minimum Gasteiger partial charge on any atom is -0.396 e. The van der Waals surface area contributed by atoms with Gasteiger partial charge in [-0.2, -0.15) is 0 Å². The first-order valence-electron chi connectivity index (χ1n) is 4.87. The van der Waals surface area contributed by atoms with Gasteiger partial charge in [-0.1, -0.05) is 6.07 Å². The molecule has 84 valence electrons. The number of halogens is 2. The van der Waals surface area contributed by atoms with E-state index in [0.29, 0.717) is 13.0 Å². The Labute approximate surface area is 88.1 Å². The van der Waals surface area contributed by atoms with E-state index in [1.54, 1.807) is 6.07 Å². The molecule has 2 nitrogen and oxygen atoms in total. The highest BCUT2D eigenvalue weighted by atomic mass is 19.2. The van der Waals surface area contributed by atoms with Crippen LogP contribution < -0.4 is 0 Å². The summed E-state index contributed by atoms with van der Waals surface area (Å²) in [5.41, 5.74) is 0.731. The van der Waals surface area contributed by atoms with Gasteiger partial charge in [0.1, 0.15) is 0 Å². The van der Waals surface area contributed by atoms with Gasteiger partial charge in [0.05, 0.1) is 0 Å². The summed E-state index contributed by atoms with van der Waals surface area (Å²) in [5, 5.41) is 8.63. The molecule has 0 amide bonds. The van der Waals surface area contributed by atoms with Gasteiger partial charge in [0.15, 0.2) is 11.6 Å². The lowest BCUT2D eigenvalue weighted by Crippen LogP contribution is -2.20. The fraction of sp³-hybridized carbons (Fsp3) is 0.455. The van der Waals surface area contributed by atoms with Gasteiger partial charge in [-0.3, -0.25) is 0 Å². The maximum Gasteiger partial charge on any atom is 0.159 e. The molecule has 0 bridgehead atoms. The van der Waals surface area contributed by atoms with Crippen LogP contribution in [0.4, 0.5) is 8.78 Å². The van der Waals surface area contributed by atoms with E-state index in [2.05, 4.69) is 0 Å². The molecule has 0 spiro atoms. The van der Waals surface area contributed by atoms with Crippen molar-refractivity contribution in [1.29, 1.82) is 0 Å². The van der Waals surface area contributed by atoms with Crippen LogP contribution in [0.1, 0.15) is 12.0 Å². The highest BCUT2D eigenvalue weighted by Crippen LogP contribution is 2.10. The van der Waals surface area contributed by atoms with Crippen LogP contribution in [-0.2, 0) is 6.54 Å². The van der Waals surface area contributed by atoms with E-state index in [-0.39, 0.29) is 6.61 Å². The predicted molar refractivity (Wildman–Crippen MR) is 54.4 cm³/mol. The summed E-state index contributed by atoms with van der Waals surface area (Å²) in [6, 6.07) is 3.89. The van der Waals surface area contributed by atoms with Crippen molar-refractivity contribution >= 4 is 0 Å². The van der Waals surface area contributed by atoms with Gasteiger partial charge >= 0.3 is 0 Å². The van der Waals surface area contributed by atoms with Crippen molar-refractivity contribution in [3.8, 4) is 0 Å². The Morgan fingerprint density at radius 1 is 1.27 bits per heavy atom. The van der Waals surface area contributed by atoms with Gasteiger partial charge in [0.2, 0.25) is 0 Å². The van der Waals surface area contributed by atoms with Gasteiger partial charge in [-0.15, -0.1) is 0 Å². The van der Waals surface area contributed by atoms with Crippen molar-refractivity contribution in [2.24, 2.45) is 0 Å². The van der Waals surface area contributed by atoms with Crippen molar-refractivity contribution in [3.63, 3.8) is 0 Å². The molecular formula is C11H15F2NO. The molecule has 0 aliphatic heterocycles. The standard InChI is InChI=1S/C11H15F2NO/c1-14(5-2-6-15)8-9-3-4-10(12)11(13)7-9/h3-4,7,15H,2,5-6,8H2,1H3. The first-order chi connectivity index (χ1) is 7.13. The normalized spacial score (nSPS) is 11.0. The summed E-state index contributed by atoms with van der Waals surface area (Å²) in [6.45, 7) is 1.43. The Balaban J connectivity index is 2.53. The maximum absolute atomic E-state index is 12.8. The van der Waals surface area contributed by atoms with Crippen LogP contribution in [0.2, 0.25) is 0 Å². The largest absolute Gasteiger partial charge is 0.396 e. The van der Waals surface area contributed by atoms with Crippen LogP contribution in [0.5, 0.6) is 0 Å². The molecule has 0 aliphatic carbocycles. The summed E-state index contributed by atoms with van der Waals surface area (Å²) in [5.74, 6) is -1.64. The predicted octanol–water partition coefficient (Wildman–Crippen LogP) is 1.78. The number of nitrogens with zero attached hydrogens (tertiary/aromatic N) is 1. The van der Waals surface area contributed by atoms with E-state index >= 15 is 0 Å². The third-order valence-electron chi connectivity index (χ3n) is 2.13. The zero-order chi connectivity index (χ0) is 11.3. The average Bonchev–Trinajstić information content (AvgIpc) is 2.20. The number of benzene rings is 1. The fourth-order valence-corrected chi connectivity index (χ4v) is 1.37. The summed E-state index contributed by atoms with van der Waals surface area (Å²) < 4.78 is 25.5. The quantitative estimate of drug-likeness (QED) is 0.809. The molecule has 0 fully saturated rings. The van der Waals surface area contributed by atoms with Crippen LogP contribution in [0, 0.1) is 11.6 Å². The molecule has 0 aliphatic rings. The first-order valence-corrected chi connectivity index (χ1v) is 4.87. The second kappa shape index (κ2) is 5.78. The van der Waals surface area contributed by atoms with E-state index in [0.717, 1.165) is 18.2 Å². The van der Waals surface area contributed by atoms with Gasteiger partial charge in [-0.25, -0.2) is 8.78 Å². The summed E-state index contributed by atoms with van der Waals surface area (Å²) in [4.78, 5) is 1.95. The number of aliphatic hydroxyl groups is 1. The third-order valence-corrected chi connectivity index (χ3v) is 2.13. The van der Waals surface area contributed by atoms with E-state index in [4.69, 9.17) is 5.11 Å². The summed E-state index contributed by atoms with van der Waals surface area (Å²) >= 11 is 0. The molecule has 0 heterocycles. The SMILES string of the molecule is CN(CCCO)Cc1ccc(F)c(F)c1. The van der Waals surface area contributed by atoms with Crippen molar-refractivity contribution in [2.45, 2.75) is 13.0 Å². The van der Waals surface area contributed by atoms with Crippen molar-refractivity contribution in [2.75, 3.05) is 20.2 Å². The maximum atomic E-state index is 12.8. The zero-order valence-corrected chi connectivity index (χ0v) is 8.71. The lowest BCUT2D eigenvalue weighted by Gasteiger charge is -2.15. The van der Waals surface area contributed by atoms with Gasteiger partial charge in [-0.05, 0) is 31.2 Å². The Bertz CT molecular complexity index is 317. The summed E-state index contributed by atoms with van der Waals surface area (Å²) in [6.07, 6.45) is 0.681. The van der Waals surface area contributed by atoms with Crippen molar-refractivity contribution < 1.29 is 13.9 Å². The fourth-order valence-electron chi connectivity index (χ4n) is 1.37. The molecule has 0 saturated heterocycles. The van der Waals surface area contributed by atoms with Gasteiger partial charge in [0.25, 0.3) is 0 Å². The Kier molecular flexibility index (Phi) is 4.65. The molecule has 1 aromatic carbocycles. The highest BCUT2D eigenvalue weighted by Gasteiger charge is 2.04. The molecule has 0 atom stereocenters. The van der Waals surface area contributed by atoms with Crippen LogP contribution in [0.3, 0.4) is 0 Å². The molecule has 0 saturated carbocycles. The monoisotopic (exact) mass is 215 g/mol. The molecular weight excluding hydrogens is 200 g/mol. The van der Waals surface area contributed by atoms with Crippen LogP contribution in [0.25, 0.3) is 0 Å². The van der Waals surface area contributed by atoms with Gasteiger partial charge < -0.3 is 10.0 Å². The molecule has 1 N–H and O–H groups in total. The van der Waals surface area contributed by atoms with E-state index < -0.39 is 11.6 Å². The molecule has 0 aromatic heterocycles. The Morgan fingerprint density at radius 3 is 2.60 bits per heavy atom. The highest BCUT2D eigenvalue weighted by molar-refractivity contribution is 5.17. The molecule has 15 heavy (non-hydrogen) atoms. The van der Waals surface area contributed by atoms with E-state index in [1.165, 1.54) is 6.07 Å². The summed E-state index contributed by atoms with van der Waals surface area (Å²) in [7, 11) is 1.87. The molecule has 1 aromatic rings. The second-order valence-corrected chi connectivity index (χ2v) is 3.56. The van der Waals surface area contributed by atoms with Crippen LogP contribution in [0.15, 0.2) is 18.2 Å². The van der Waals surface area contributed by atoms with Crippen LogP contribution in [-0.4, -0.2) is 30.2 Å². The topological polar surface area (TPSA) is 23.5 Å². The smallest absolute Gasteiger partial charge is 0.159 e. The molecule has 0 unspecified atom stereocenters. The average molecular weight is 215 g/mol. The number of hydrogen-bond acceptors (Lipinski definition) is 2. The van der Waals surface area contributed by atoms with Crippen LogP contribution >= 0.6 is 0 Å². The van der Waals surface area contributed by atoms with Crippen molar-refractivity contribution in [3.05, 3.63) is 35.4 Å². The first kappa shape index (κ1) is 12.1. The lowest BCUT2D eigenvalue weighted by atomic mass is 10.2. The Morgan fingerprint density at radius 2 is 2.00 bits per heavy atom. The van der Waals surface area contributed by atoms with E-state index in [9.17, 15) is 8.78 Å². The second-order valence-electron chi connectivity index (χ2n) is 3.56. The lowest BCUT2D eigenvalue weighted by molar-refractivity contribution is 0.244. The minimum absolute atomic E-state index is 0.141. The minimum atomic E-state index is -0.822. The van der Waals surface area contributed by atoms with Gasteiger partial charge in [0, 0.05) is 19.7 Å². The zero-order valence-electron chi connectivity index (χ0n) is 8.71. The van der Waals surface area contributed by atoms with Crippen molar-refractivity contribution in [1.82, 2.24) is 4.90 Å². The third kappa shape index (κ3) is 3.93. The number of hydrogen-bond donors (Lipinski definition) is 1. The molecule has 1 rings (SSSR count). The molecule has 4 heteroatoms. The number of aliphatic hydroxyl groups excluding tert-OH is 1.